The maximum atomic E-state index is 5.12. The van der Waals surface area contributed by atoms with Crippen LogP contribution in [0, 0.1) is 0 Å². The van der Waals surface area contributed by atoms with Crippen molar-refractivity contribution in [3.05, 3.63) is 72.8 Å². The fraction of sp³-hybridized carbons (Fsp3) is 0.619. The van der Waals surface area contributed by atoms with Crippen LogP contribution in [0.2, 0.25) is 0 Å². The standard InChI is InChI=1S/C42H66N2/c1-3-5-7-9-11-12-13-14-15-16-17-18-19-20-21-22-24-32-38-42(44-40-35-29-26-30-36-40)41(37-31-23-10-8-6-4-2)43-39-33-27-25-28-34-39/h25-30,32-36,38H,3-24,31,37H2,1-2H3/b38-32+,43-41?,44-42?. The van der Waals surface area contributed by atoms with Gasteiger partial charge in [0.15, 0.2) is 0 Å². The van der Waals surface area contributed by atoms with E-state index in [2.05, 4.69) is 86.7 Å². The van der Waals surface area contributed by atoms with Gasteiger partial charge in [-0.2, -0.15) is 0 Å². The third-order valence-electron chi connectivity index (χ3n) is 8.59. The summed E-state index contributed by atoms with van der Waals surface area (Å²) in [5.41, 5.74) is 4.14. The number of hydrogen-bond acceptors (Lipinski definition) is 2. The zero-order valence-electron chi connectivity index (χ0n) is 28.8. The predicted octanol–water partition coefficient (Wildman–Crippen LogP) is 14.5. The molecule has 2 aromatic rings. The molecular weight excluding hydrogens is 532 g/mol. The van der Waals surface area contributed by atoms with Crippen LogP contribution >= 0.6 is 0 Å². The number of unbranched alkanes of at least 4 members (excludes halogenated alkanes) is 21. The van der Waals surface area contributed by atoms with Gasteiger partial charge in [-0.1, -0.05) is 185 Å². The van der Waals surface area contributed by atoms with E-state index in [1.54, 1.807) is 0 Å². The Kier molecular flexibility index (Phi) is 24.0. The molecule has 0 atom stereocenters. The quantitative estimate of drug-likeness (QED) is 0.0687. The van der Waals surface area contributed by atoms with Crippen LogP contribution in [0.15, 0.2) is 82.8 Å². The monoisotopic (exact) mass is 599 g/mol. The number of nitrogens with zero attached hydrogens (tertiary/aromatic N) is 2. The number of rotatable bonds is 28. The highest BCUT2D eigenvalue weighted by Crippen LogP contribution is 2.19. The number of allylic oxidation sites excluding steroid dienone is 2. The van der Waals surface area contributed by atoms with E-state index in [-0.39, 0.29) is 0 Å². The van der Waals surface area contributed by atoms with Gasteiger partial charge in [0.1, 0.15) is 0 Å². The van der Waals surface area contributed by atoms with Crippen LogP contribution in [0.5, 0.6) is 0 Å². The first-order valence-corrected chi connectivity index (χ1v) is 18.8. The molecule has 0 spiro atoms. The van der Waals surface area contributed by atoms with Crippen molar-refractivity contribution in [2.24, 2.45) is 9.98 Å². The van der Waals surface area contributed by atoms with Gasteiger partial charge in [-0.15, -0.1) is 0 Å². The Morgan fingerprint density at radius 1 is 0.455 bits per heavy atom. The fourth-order valence-electron chi connectivity index (χ4n) is 5.82. The van der Waals surface area contributed by atoms with Crippen molar-refractivity contribution < 1.29 is 0 Å². The highest BCUT2D eigenvalue weighted by atomic mass is 14.8. The summed E-state index contributed by atoms with van der Waals surface area (Å²) in [6, 6.07) is 20.8. The Labute approximate surface area is 273 Å². The Morgan fingerprint density at radius 2 is 0.841 bits per heavy atom. The molecule has 244 valence electrons. The van der Waals surface area contributed by atoms with E-state index in [1.807, 2.05) is 0 Å². The topological polar surface area (TPSA) is 24.7 Å². The molecule has 0 aliphatic rings. The van der Waals surface area contributed by atoms with Crippen molar-refractivity contribution in [1.29, 1.82) is 0 Å². The van der Waals surface area contributed by atoms with Gasteiger partial charge in [-0.05, 0) is 56.0 Å². The molecule has 0 fully saturated rings. The van der Waals surface area contributed by atoms with Gasteiger partial charge in [0.05, 0.1) is 22.8 Å². The molecule has 0 heterocycles. The van der Waals surface area contributed by atoms with E-state index < -0.39 is 0 Å². The fourth-order valence-corrected chi connectivity index (χ4v) is 5.82. The van der Waals surface area contributed by atoms with Crippen LogP contribution in [0.25, 0.3) is 0 Å². The first-order chi connectivity index (χ1) is 21.8. The van der Waals surface area contributed by atoms with Crippen molar-refractivity contribution in [3.63, 3.8) is 0 Å². The highest BCUT2D eigenvalue weighted by Gasteiger charge is 2.08. The maximum Gasteiger partial charge on any atom is 0.0848 e. The molecule has 2 rings (SSSR count). The van der Waals surface area contributed by atoms with E-state index >= 15 is 0 Å². The molecule has 0 aliphatic heterocycles. The summed E-state index contributed by atoms with van der Waals surface area (Å²) in [4.78, 5) is 10.2. The molecule has 0 saturated heterocycles. The summed E-state index contributed by atoms with van der Waals surface area (Å²) >= 11 is 0. The zero-order valence-corrected chi connectivity index (χ0v) is 28.8. The van der Waals surface area contributed by atoms with Crippen LogP contribution < -0.4 is 0 Å². The lowest BCUT2D eigenvalue weighted by molar-refractivity contribution is 0.530. The average molecular weight is 599 g/mol. The van der Waals surface area contributed by atoms with Gasteiger partial charge >= 0.3 is 0 Å². The van der Waals surface area contributed by atoms with E-state index in [0.29, 0.717) is 0 Å². The minimum Gasteiger partial charge on any atom is -0.251 e. The molecule has 0 saturated carbocycles. The molecule has 2 aromatic carbocycles. The first-order valence-electron chi connectivity index (χ1n) is 18.8. The molecule has 2 heteroatoms. The third-order valence-corrected chi connectivity index (χ3v) is 8.59. The Balaban J connectivity index is 1.76. The predicted molar refractivity (Wildman–Crippen MR) is 198 cm³/mol. The Morgan fingerprint density at radius 3 is 1.30 bits per heavy atom. The molecular formula is C42H66N2. The summed E-state index contributed by atoms with van der Waals surface area (Å²) in [7, 11) is 0. The minimum atomic E-state index is 0.968. The van der Waals surface area contributed by atoms with Gasteiger partial charge in [-0.3, -0.25) is 4.99 Å². The molecule has 44 heavy (non-hydrogen) atoms. The van der Waals surface area contributed by atoms with Gasteiger partial charge < -0.3 is 0 Å². The van der Waals surface area contributed by atoms with Gasteiger partial charge in [0.2, 0.25) is 0 Å². The van der Waals surface area contributed by atoms with E-state index in [0.717, 1.165) is 42.1 Å². The normalized spacial score (nSPS) is 12.4. The molecule has 0 radical (unpaired) electrons. The lowest BCUT2D eigenvalue weighted by atomic mass is 10.0. The van der Waals surface area contributed by atoms with Crippen molar-refractivity contribution >= 4 is 22.8 Å². The van der Waals surface area contributed by atoms with Crippen molar-refractivity contribution in [2.45, 2.75) is 168 Å². The lowest BCUT2D eigenvalue weighted by Crippen LogP contribution is -2.12. The van der Waals surface area contributed by atoms with E-state index in [9.17, 15) is 0 Å². The van der Waals surface area contributed by atoms with Crippen LogP contribution in [0.4, 0.5) is 11.4 Å². The second-order valence-electron chi connectivity index (χ2n) is 12.7. The van der Waals surface area contributed by atoms with Crippen LogP contribution in [0.3, 0.4) is 0 Å². The van der Waals surface area contributed by atoms with Crippen molar-refractivity contribution in [3.8, 4) is 0 Å². The number of benzene rings is 2. The summed E-state index contributed by atoms with van der Waals surface area (Å²) in [5.74, 6) is 0. The molecule has 0 N–H and O–H groups in total. The summed E-state index contributed by atoms with van der Waals surface area (Å²) < 4.78 is 0. The second-order valence-corrected chi connectivity index (χ2v) is 12.7. The van der Waals surface area contributed by atoms with Gasteiger partial charge in [0.25, 0.3) is 0 Å². The molecule has 2 nitrogen and oxygen atoms in total. The van der Waals surface area contributed by atoms with Crippen LogP contribution in [-0.2, 0) is 0 Å². The Hall–Kier alpha value is -2.48. The minimum absolute atomic E-state index is 0.968. The average Bonchev–Trinajstić information content (AvgIpc) is 3.05. The number of hydrogen-bond donors (Lipinski definition) is 0. The van der Waals surface area contributed by atoms with Gasteiger partial charge in [-0.25, -0.2) is 4.99 Å². The third kappa shape index (κ3) is 20.5. The highest BCUT2D eigenvalue weighted by molar-refractivity contribution is 6.47. The van der Waals surface area contributed by atoms with Crippen molar-refractivity contribution in [2.75, 3.05) is 0 Å². The van der Waals surface area contributed by atoms with Gasteiger partial charge in [0, 0.05) is 0 Å². The summed E-state index contributed by atoms with van der Waals surface area (Å²) in [5, 5.41) is 0. The first kappa shape index (κ1) is 37.7. The molecule has 0 aliphatic carbocycles. The smallest absolute Gasteiger partial charge is 0.0848 e. The number of aliphatic imine (C=N–C) groups is 2. The molecule has 0 bridgehead atoms. The largest absolute Gasteiger partial charge is 0.251 e. The number of para-hydroxylation sites is 2. The van der Waals surface area contributed by atoms with Crippen molar-refractivity contribution in [1.82, 2.24) is 0 Å². The zero-order chi connectivity index (χ0) is 31.2. The molecule has 0 amide bonds. The second kappa shape index (κ2) is 28.0. The molecule has 0 unspecified atom stereocenters. The van der Waals surface area contributed by atoms with Crippen LogP contribution in [0.1, 0.15) is 168 Å². The van der Waals surface area contributed by atoms with E-state index in [1.165, 1.54) is 135 Å². The summed E-state index contributed by atoms with van der Waals surface area (Å²) in [6.45, 7) is 4.58. The lowest BCUT2D eigenvalue weighted by Gasteiger charge is -2.09. The summed E-state index contributed by atoms with van der Waals surface area (Å²) in [6.07, 6.45) is 37.0. The molecule has 0 aromatic heterocycles. The maximum absolute atomic E-state index is 5.12. The van der Waals surface area contributed by atoms with E-state index in [4.69, 9.17) is 9.98 Å². The SMILES string of the molecule is CCCCCCCCCCCCCCCCCC/C=C/C(=Nc1ccccc1)C(CCCCCCCC)=Nc1ccccc1. The van der Waals surface area contributed by atoms with Crippen LogP contribution in [-0.4, -0.2) is 11.4 Å². The Bertz CT molecular complexity index is 989.